The Kier molecular flexibility index (Phi) is 4.79. The Hall–Kier alpha value is -1.65. The summed E-state index contributed by atoms with van der Waals surface area (Å²) in [6.45, 7) is 4.28. The standard InChI is InChI=1S/C19H18N4.Y/c1-14-9-10-17(16-7-5-4-6-8-16)13-18(14)23-15(2)21(3)22-12-11-20-19(22)23;/h4-7,9-12,15H,1-3H3;/q-2;/t15-;/m0./s1. The van der Waals surface area contributed by atoms with Crippen LogP contribution in [0.5, 0.6) is 0 Å². The van der Waals surface area contributed by atoms with E-state index in [4.69, 9.17) is 0 Å². The zero-order valence-electron chi connectivity index (χ0n) is 14.1. The topological polar surface area (TPSA) is 24.3 Å². The smallest absolute Gasteiger partial charge is 0.229 e. The molecule has 1 aliphatic heterocycles. The van der Waals surface area contributed by atoms with Crippen molar-refractivity contribution in [1.82, 2.24) is 9.66 Å². The Balaban J connectivity index is 0.00000169. The average molecular weight is 391 g/mol. The Bertz CT molecular complexity index is 844. The number of anilines is 2. The van der Waals surface area contributed by atoms with E-state index in [2.05, 4.69) is 70.8 Å². The van der Waals surface area contributed by atoms with E-state index in [0.717, 1.165) is 22.8 Å². The van der Waals surface area contributed by atoms with Crippen molar-refractivity contribution in [2.45, 2.75) is 20.0 Å². The molecule has 0 fully saturated rings. The van der Waals surface area contributed by atoms with Crippen LogP contribution >= 0.6 is 0 Å². The molecule has 1 aromatic heterocycles. The van der Waals surface area contributed by atoms with Gasteiger partial charge in [0.15, 0.2) is 0 Å². The molecule has 0 saturated heterocycles. The maximum absolute atomic E-state index is 4.52. The molecule has 1 atom stereocenters. The predicted octanol–water partition coefficient (Wildman–Crippen LogP) is 3.52. The minimum atomic E-state index is 0. The summed E-state index contributed by atoms with van der Waals surface area (Å²) in [5.41, 5.74) is 4.34. The minimum absolute atomic E-state index is 0. The van der Waals surface area contributed by atoms with Gasteiger partial charge in [0.05, 0.1) is 0 Å². The number of hydrogen-bond acceptors (Lipinski definition) is 3. The molecular formula is C19H18N4Y-2. The van der Waals surface area contributed by atoms with Crippen LogP contribution in [0, 0.1) is 19.1 Å². The first-order valence-corrected chi connectivity index (χ1v) is 7.72. The van der Waals surface area contributed by atoms with Crippen molar-refractivity contribution < 1.29 is 32.7 Å². The average Bonchev–Trinajstić information content (AvgIpc) is 3.13. The van der Waals surface area contributed by atoms with Crippen LogP contribution in [-0.2, 0) is 32.7 Å². The summed E-state index contributed by atoms with van der Waals surface area (Å²) in [5.74, 6) is 0.925. The van der Waals surface area contributed by atoms with Gasteiger partial charge in [0, 0.05) is 52.2 Å². The van der Waals surface area contributed by atoms with Gasteiger partial charge in [0.25, 0.3) is 0 Å². The van der Waals surface area contributed by atoms with Crippen LogP contribution < -0.4 is 9.91 Å². The van der Waals surface area contributed by atoms with Crippen LogP contribution in [0.1, 0.15) is 12.5 Å². The molecule has 5 heteroatoms. The quantitative estimate of drug-likeness (QED) is 0.625. The fourth-order valence-corrected chi connectivity index (χ4v) is 3.03. The number of rotatable bonds is 2. The number of benzene rings is 2. The van der Waals surface area contributed by atoms with E-state index < -0.39 is 0 Å². The molecule has 2 heterocycles. The Morgan fingerprint density at radius 2 is 1.96 bits per heavy atom. The number of hydrogen-bond donors (Lipinski definition) is 0. The van der Waals surface area contributed by atoms with Crippen LogP contribution in [0.25, 0.3) is 11.1 Å². The molecule has 1 radical (unpaired) electrons. The second-order valence-corrected chi connectivity index (χ2v) is 5.83. The zero-order valence-corrected chi connectivity index (χ0v) is 16.9. The monoisotopic (exact) mass is 391 g/mol. The fraction of sp³-hybridized carbons (Fsp3) is 0.211. The third-order valence-electron chi connectivity index (χ3n) is 4.44. The predicted molar refractivity (Wildman–Crippen MR) is 92.3 cm³/mol. The Morgan fingerprint density at radius 3 is 2.71 bits per heavy atom. The summed E-state index contributed by atoms with van der Waals surface area (Å²) in [6.07, 6.45) is 3.99. The van der Waals surface area contributed by atoms with Crippen LogP contribution in [-0.4, -0.2) is 22.9 Å². The summed E-state index contributed by atoms with van der Waals surface area (Å²) in [5, 5.41) is 2.16. The van der Waals surface area contributed by atoms with Crippen molar-refractivity contribution in [2.75, 3.05) is 17.0 Å². The van der Waals surface area contributed by atoms with Gasteiger partial charge in [-0.05, 0) is 12.6 Å². The molecule has 0 saturated carbocycles. The normalized spacial score (nSPS) is 16.0. The zero-order chi connectivity index (χ0) is 16.0. The molecule has 0 aliphatic carbocycles. The van der Waals surface area contributed by atoms with Gasteiger partial charge in [-0.25, -0.2) is 20.8 Å². The van der Waals surface area contributed by atoms with Crippen LogP contribution in [0.4, 0.5) is 11.6 Å². The summed E-state index contributed by atoms with van der Waals surface area (Å²) < 4.78 is 2.07. The molecule has 3 aromatic rings. The number of imidazole rings is 1. The third-order valence-corrected chi connectivity index (χ3v) is 4.44. The van der Waals surface area contributed by atoms with Gasteiger partial charge in [-0.2, -0.15) is 36.4 Å². The molecule has 1 aliphatic rings. The summed E-state index contributed by atoms with van der Waals surface area (Å²) in [6, 6.07) is 19.1. The summed E-state index contributed by atoms with van der Waals surface area (Å²) in [4.78, 5) is 6.74. The third kappa shape index (κ3) is 2.68. The van der Waals surface area contributed by atoms with Crippen LogP contribution in [0.3, 0.4) is 0 Å². The van der Waals surface area contributed by atoms with E-state index in [-0.39, 0.29) is 38.9 Å². The van der Waals surface area contributed by atoms with Crippen molar-refractivity contribution in [3.8, 4) is 11.1 Å². The molecule has 2 aromatic carbocycles. The number of nitrogens with zero attached hydrogens (tertiary/aromatic N) is 4. The number of aromatic nitrogens is 2. The van der Waals surface area contributed by atoms with Gasteiger partial charge in [-0.15, -0.1) is 17.7 Å². The van der Waals surface area contributed by atoms with Gasteiger partial charge < -0.3 is 4.90 Å². The maximum Gasteiger partial charge on any atom is 0.229 e. The summed E-state index contributed by atoms with van der Waals surface area (Å²) in [7, 11) is 2.07. The van der Waals surface area contributed by atoms with Crippen LogP contribution in [0.15, 0.2) is 48.8 Å². The van der Waals surface area contributed by atoms with Crippen molar-refractivity contribution in [1.29, 1.82) is 0 Å². The molecule has 0 amide bonds. The van der Waals surface area contributed by atoms with Gasteiger partial charge in [0.2, 0.25) is 5.95 Å². The van der Waals surface area contributed by atoms with E-state index in [1.165, 1.54) is 5.56 Å². The van der Waals surface area contributed by atoms with Crippen molar-refractivity contribution in [2.24, 2.45) is 0 Å². The Labute approximate surface area is 168 Å². The SMILES string of the molecule is Cc1ccc(-c2[c-]cccc2)[c-]c1N1c2nccn2N(C)[C@@H]1C.[Y]. The van der Waals surface area contributed by atoms with E-state index >= 15 is 0 Å². The second kappa shape index (κ2) is 6.69. The number of aryl methyl sites for hydroxylation is 1. The molecule has 119 valence electrons. The van der Waals surface area contributed by atoms with Gasteiger partial charge in [0.1, 0.15) is 6.17 Å². The van der Waals surface area contributed by atoms with Crippen molar-refractivity contribution in [3.05, 3.63) is 66.5 Å². The van der Waals surface area contributed by atoms with E-state index in [9.17, 15) is 0 Å². The maximum atomic E-state index is 4.52. The van der Waals surface area contributed by atoms with E-state index in [1.807, 2.05) is 30.6 Å². The number of fused-ring (bicyclic) bond motifs is 1. The van der Waals surface area contributed by atoms with Crippen LogP contribution in [0.2, 0.25) is 0 Å². The molecule has 0 N–H and O–H groups in total. The van der Waals surface area contributed by atoms with Gasteiger partial charge >= 0.3 is 0 Å². The Morgan fingerprint density at radius 1 is 1.12 bits per heavy atom. The van der Waals surface area contributed by atoms with E-state index in [1.54, 1.807) is 0 Å². The van der Waals surface area contributed by atoms with Crippen molar-refractivity contribution >= 4 is 11.6 Å². The molecule has 24 heavy (non-hydrogen) atoms. The molecule has 0 bridgehead atoms. The first-order chi connectivity index (χ1) is 11.2. The first kappa shape index (κ1) is 17.2. The fourth-order valence-electron chi connectivity index (χ4n) is 3.03. The summed E-state index contributed by atoms with van der Waals surface area (Å²) >= 11 is 0. The first-order valence-electron chi connectivity index (χ1n) is 7.72. The second-order valence-electron chi connectivity index (χ2n) is 5.83. The molecule has 4 rings (SSSR count). The van der Waals surface area contributed by atoms with Crippen molar-refractivity contribution in [3.63, 3.8) is 0 Å². The molecule has 0 unspecified atom stereocenters. The minimum Gasteiger partial charge on any atom is -0.307 e. The largest absolute Gasteiger partial charge is 0.307 e. The van der Waals surface area contributed by atoms with Gasteiger partial charge in [-0.3, -0.25) is 5.01 Å². The molecule has 4 nitrogen and oxygen atoms in total. The molecular weight excluding hydrogens is 373 g/mol. The molecule has 0 spiro atoms. The van der Waals surface area contributed by atoms with E-state index in [0.29, 0.717) is 0 Å². The van der Waals surface area contributed by atoms with Gasteiger partial charge in [-0.1, -0.05) is 6.92 Å².